The fourth-order valence-corrected chi connectivity index (χ4v) is 2.00. The predicted octanol–water partition coefficient (Wildman–Crippen LogP) is 1.10. The molecule has 0 bridgehead atoms. The molecule has 1 heterocycles. The van der Waals surface area contributed by atoms with E-state index in [2.05, 4.69) is 44.4 Å². The van der Waals surface area contributed by atoms with Crippen LogP contribution in [0.2, 0.25) is 0 Å². The Labute approximate surface area is 88.2 Å². The zero-order chi connectivity index (χ0) is 10.9. The summed E-state index contributed by atoms with van der Waals surface area (Å²) in [6, 6.07) is 1.17. The SMILES string of the molecule is CC(C)N1CN(C(C)C)CC(C)(N)C1. The molecule has 0 aromatic carbocycles. The number of nitrogens with two attached hydrogens (primary N) is 1. The van der Waals surface area contributed by atoms with Crippen LogP contribution in [0.1, 0.15) is 34.6 Å². The molecule has 84 valence electrons. The molecule has 1 saturated heterocycles. The summed E-state index contributed by atoms with van der Waals surface area (Å²) in [5.74, 6) is 0. The van der Waals surface area contributed by atoms with Crippen molar-refractivity contribution in [3.8, 4) is 0 Å². The minimum absolute atomic E-state index is 0.0627. The molecule has 1 fully saturated rings. The first-order valence-corrected chi connectivity index (χ1v) is 5.59. The molecule has 1 rings (SSSR count). The molecule has 1 aliphatic rings. The molecule has 0 unspecified atom stereocenters. The molecule has 0 aliphatic carbocycles. The van der Waals surface area contributed by atoms with Crippen molar-refractivity contribution in [3.63, 3.8) is 0 Å². The van der Waals surface area contributed by atoms with E-state index in [4.69, 9.17) is 5.73 Å². The smallest absolute Gasteiger partial charge is 0.0512 e. The Morgan fingerprint density at radius 3 is 1.64 bits per heavy atom. The van der Waals surface area contributed by atoms with Crippen molar-refractivity contribution in [2.45, 2.75) is 52.2 Å². The maximum atomic E-state index is 6.25. The van der Waals surface area contributed by atoms with Gasteiger partial charge in [0.2, 0.25) is 0 Å². The molecule has 0 spiro atoms. The van der Waals surface area contributed by atoms with E-state index in [0.717, 1.165) is 19.8 Å². The van der Waals surface area contributed by atoms with Crippen LogP contribution in [-0.4, -0.2) is 47.2 Å². The quantitative estimate of drug-likeness (QED) is 0.723. The third kappa shape index (κ3) is 2.94. The predicted molar refractivity (Wildman–Crippen MR) is 61.1 cm³/mol. The van der Waals surface area contributed by atoms with Crippen LogP contribution in [-0.2, 0) is 0 Å². The lowest BCUT2D eigenvalue weighted by atomic mass is 9.98. The Kier molecular flexibility index (Phi) is 3.56. The molecule has 14 heavy (non-hydrogen) atoms. The Hall–Kier alpha value is -0.120. The maximum Gasteiger partial charge on any atom is 0.0512 e. The molecule has 0 atom stereocenters. The van der Waals surface area contributed by atoms with Gasteiger partial charge >= 0.3 is 0 Å². The van der Waals surface area contributed by atoms with Crippen LogP contribution in [0.25, 0.3) is 0 Å². The van der Waals surface area contributed by atoms with E-state index >= 15 is 0 Å². The summed E-state index contributed by atoms with van der Waals surface area (Å²) in [5, 5.41) is 0. The highest BCUT2D eigenvalue weighted by atomic mass is 15.4. The van der Waals surface area contributed by atoms with E-state index < -0.39 is 0 Å². The summed E-state index contributed by atoms with van der Waals surface area (Å²) in [5.41, 5.74) is 6.19. The third-order valence-corrected chi connectivity index (χ3v) is 2.95. The van der Waals surface area contributed by atoms with Gasteiger partial charge in [-0.05, 0) is 34.6 Å². The van der Waals surface area contributed by atoms with Gasteiger partial charge < -0.3 is 5.73 Å². The van der Waals surface area contributed by atoms with Gasteiger partial charge in [0.05, 0.1) is 6.67 Å². The first-order chi connectivity index (χ1) is 6.32. The van der Waals surface area contributed by atoms with E-state index in [1.807, 2.05) is 0 Å². The van der Waals surface area contributed by atoms with Crippen molar-refractivity contribution < 1.29 is 0 Å². The first kappa shape index (κ1) is 12.0. The van der Waals surface area contributed by atoms with Crippen LogP contribution in [0.4, 0.5) is 0 Å². The van der Waals surface area contributed by atoms with Gasteiger partial charge in [0.15, 0.2) is 0 Å². The van der Waals surface area contributed by atoms with Crippen molar-refractivity contribution in [2.24, 2.45) is 5.73 Å². The van der Waals surface area contributed by atoms with Crippen molar-refractivity contribution >= 4 is 0 Å². The molecule has 3 heteroatoms. The molecule has 0 aromatic heterocycles. The fourth-order valence-electron chi connectivity index (χ4n) is 2.00. The van der Waals surface area contributed by atoms with Gasteiger partial charge in [0.25, 0.3) is 0 Å². The molecule has 3 nitrogen and oxygen atoms in total. The Balaban J connectivity index is 2.67. The molecule has 2 N–H and O–H groups in total. The van der Waals surface area contributed by atoms with Gasteiger partial charge in [-0.3, -0.25) is 9.80 Å². The highest BCUT2D eigenvalue weighted by Gasteiger charge is 2.33. The largest absolute Gasteiger partial charge is 0.323 e. The average Bonchev–Trinajstić information content (AvgIpc) is 2.01. The van der Waals surface area contributed by atoms with Crippen molar-refractivity contribution in [3.05, 3.63) is 0 Å². The zero-order valence-corrected chi connectivity index (χ0v) is 10.2. The van der Waals surface area contributed by atoms with Crippen LogP contribution in [0.5, 0.6) is 0 Å². The third-order valence-electron chi connectivity index (χ3n) is 2.95. The lowest BCUT2D eigenvalue weighted by Gasteiger charge is -2.47. The van der Waals surface area contributed by atoms with Crippen LogP contribution >= 0.6 is 0 Å². The Morgan fingerprint density at radius 2 is 1.36 bits per heavy atom. The van der Waals surface area contributed by atoms with Crippen LogP contribution in [0, 0.1) is 0 Å². The topological polar surface area (TPSA) is 32.5 Å². The second-order valence-corrected chi connectivity index (χ2v) is 5.48. The molecule has 0 radical (unpaired) electrons. The van der Waals surface area contributed by atoms with Crippen molar-refractivity contribution in [1.29, 1.82) is 0 Å². The van der Waals surface area contributed by atoms with E-state index in [0.29, 0.717) is 12.1 Å². The molecular weight excluding hydrogens is 174 g/mol. The maximum absolute atomic E-state index is 6.25. The van der Waals surface area contributed by atoms with Gasteiger partial charge in [-0.2, -0.15) is 0 Å². The second-order valence-electron chi connectivity index (χ2n) is 5.48. The van der Waals surface area contributed by atoms with Crippen molar-refractivity contribution in [1.82, 2.24) is 9.80 Å². The van der Waals surface area contributed by atoms with Crippen LogP contribution in [0.15, 0.2) is 0 Å². The summed E-state index contributed by atoms with van der Waals surface area (Å²) in [6.07, 6.45) is 0. The zero-order valence-electron chi connectivity index (χ0n) is 10.2. The second kappa shape index (κ2) is 4.17. The average molecular weight is 199 g/mol. The minimum atomic E-state index is -0.0627. The van der Waals surface area contributed by atoms with E-state index in [1.54, 1.807) is 0 Å². The lowest BCUT2D eigenvalue weighted by Crippen LogP contribution is -2.64. The van der Waals surface area contributed by atoms with Gasteiger partial charge in [-0.25, -0.2) is 0 Å². The number of hydrogen-bond acceptors (Lipinski definition) is 3. The van der Waals surface area contributed by atoms with E-state index in [9.17, 15) is 0 Å². The molecule has 1 aliphatic heterocycles. The van der Waals surface area contributed by atoms with Crippen molar-refractivity contribution in [2.75, 3.05) is 19.8 Å². The molecular formula is C11H25N3. The van der Waals surface area contributed by atoms with Crippen LogP contribution < -0.4 is 5.73 Å². The summed E-state index contributed by atoms with van der Waals surface area (Å²) in [6.45, 7) is 14.2. The fraction of sp³-hybridized carbons (Fsp3) is 1.00. The normalized spacial score (nSPS) is 24.9. The highest BCUT2D eigenvalue weighted by molar-refractivity contribution is 4.92. The monoisotopic (exact) mass is 199 g/mol. The first-order valence-electron chi connectivity index (χ1n) is 5.59. The van der Waals surface area contributed by atoms with Gasteiger partial charge in [-0.1, -0.05) is 0 Å². The summed E-state index contributed by atoms with van der Waals surface area (Å²) < 4.78 is 0. The van der Waals surface area contributed by atoms with Gasteiger partial charge in [0.1, 0.15) is 0 Å². The molecule has 0 saturated carbocycles. The van der Waals surface area contributed by atoms with Gasteiger partial charge in [0, 0.05) is 30.7 Å². The highest BCUT2D eigenvalue weighted by Crippen LogP contribution is 2.17. The summed E-state index contributed by atoms with van der Waals surface area (Å²) in [4.78, 5) is 4.90. The number of hydrogen-bond donors (Lipinski definition) is 1. The summed E-state index contributed by atoms with van der Waals surface area (Å²) >= 11 is 0. The standard InChI is InChI=1S/C11H25N3/c1-9(2)13-6-11(5,12)7-14(8-13)10(3)4/h9-10H,6-8,12H2,1-5H3. The lowest BCUT2D eigenvalue weighted by molar-refractivity contribution is 0.00344. The van der Waals surface area contributed by atoms with Gasteiger partial charge in [-0.15, -0.1) is 0 Å². The number of rotatable bonds is 2. The molecule has 0 aromatic rings. The van der Waals surface area contributed by atoms with Crippen LogP contribution in [0.3, 0.4) is 0 Å². The van der Waals surface area contributed by atoms with E-state index in [1.165, 1.54) is 0 Å². The Bertz CT molecular complexity index is 169. The minimum Gasteiger partial charge on any atom is -0.323 e. The summed E-state index contributed by atoms with van der Waals surface area (Å²) in [7, 11) is 0. The number of nitrogens with zero attached hydrogens (tertiary/aromatic N) is 2. The Morgan fingerprint density at radius 1 is 1.00 bits per heavy atom. The molecule has 0 amide bonds. The van der Waals surface area contributed by atoms with E-state index in [-0.39, 0.29) is 5.54 Å².